The Kier molecular flexibility index (Phi) is 5.86. The van der Waals surface area contributed by atoms with Crippen molar-refractivity contribution >= 4 is 0 Å². The number of nitrogens with one attached hydrogen (secondary N) is 1. The summed E-state index contributed by atoms with van der Waals surface area (Å²) >= 11 is 0. The molecule has 1 aliphatic heterocycles. The van der Waals surface area contributed by atoms with Gasteiger partial charge in [0.1, 0.15) is 12.4 Å². The molecule has 0 saturated carbocycles. The fourth-order valence-corrected chi connectivity index (χ4v) is 2.46. The van der Waals surface area contributed by atoms with Crippen LogP contribution in [0.2, 0.25) is 0 Å². The average Bonchev–Trinajstić information content (AvgIpc) is 2.46. The molecule has 20 heavy (non-hydrogen) atoms. The van der Waals surface area contributed by atoms with Gasteiger partial charge in [0.15, 0.2) is 0 Å². The Morgan fingerprint density at radius 1 is 1.30 bits per heavy atom. The van der Waals surface area contributed by atoms with E-state index in [4.69, 9.17) is 9.47 Å². The summed E-state index contributed by atoms with van der Waals surface area (Å²) in [6.07, 6.45) is 2.23. The van der Waals surface area contributed by atoms with E-state index in [0.29, 0.717) is 12.0 Å². The molecule has 1 heterocycles. The molecule has 1 fully saturated rings. The molecule has 0 aromatic heterocycles. The standard InChI is InChI=1S/C17H27NO2/c1-13(2)15-5-4-14(3)17(12-15)20-11-8-18-16-6-9-19-10-7-16/h4-5,12-13,16,18H,6-11H2,1-3H3. The Bertz CT molecular complexity index is 411. The quantitative estimate of drug-likeness (QED) is 0.810. The first-order valence-electron chi connectivity index (χ1n) is 7.71. The van der Waals surface area contributed by atoms with Crippen molar-refractivity contribution in [1.82, 2.24) is 5.32 Å². The van der Waals surface area contributed by atoms with E-state index >= 15 is 0 Å². The smallest absolute Gasteiger partial charge is 0.122 e. The van der Waals surface area contributed by atoms with Crippen LogP contribution in [-0.4, -0.2) is 32.4 Å². The third-order valence-corrected chi connectivity index (χ3v) is 3.89. The highest BCUT2D eigenvalue weighted by Gasteiger charge is 2.12. The van der Waals surface area contributed by atoms with Gasteiger partial charge < -0.3 is 14.8 Å². The van der Waals surface area contributed by atoms with E-state index in [9.17, 15) is 0 Å². The molecule has 1 N–H and O–H groups in total. The molecule has 1 aromatic carbocycles. The zero-order valence-corrected chi connectivity index (χ0v) is 12.9. The molecule has 0 radical (unpaired) electrons. The Morgan fingerprint density at radius 2 is 2.05 bits per heavy atom. The average molecular weight is 277 g/mol. The highest BCUT2D eigenvalue weighted by molar-refractivity contribution is 5.37. The van der Waals surface area contributed by atoms with Gasteiger partial charge in [-0.15, -0.1) is 0 Å². The molecule has 1 saturated heterocycles. The van der Waals surface area contributed by atoms with Crippen molar-refractivity contribution in [3.8, 4) is 5.75 Å². The third-order valence-electron chi connectivity index (χ3n) is 3.89. The lowest BCUT2D eigenvalue weighted by molar-refractivity contribution is 0.0770. The highest BCUT2D eigenvalue weighted by Crippen LogP contribution is 2.24. The first-order chi connectivity index (χ1) is 9.66. The molecular weight excluding hydrogens is 250 g/mol. The van der Waals surface area contributed by atoms with Gasteiger partial charge in [-0.2, -0.15) is 0 Å². The molecule has 3 nitrogen and oxygen atoms in total. The van der Waals surface area contributed by atoms with E-state index in [0.717, 1.165) is 45.0 Å². The Labute approximate surface area is 122 Å². The SMILES string of the molecule is Cc1ccc(C(C)C)cc1OCCNC1CCOCC1. The summed E-state index contributed by atoms with van der Waals surface area (Å²) in [5, 5.41) is 3.54. The van der Waals surface area contributed by atoms with Crippen molar-refractivity contribution in [3.05, 3.63) is 29.3 Å². The number of hydrogen-bond acceptors (Lipinski definition) is 3. The Hall–Kier alpha value is -1.06. The van der Waals surface area contributed by atoms with Gasteiger partial charge in [-0.05, 0) is 42.9 Å². The van der Waals surface area contributed by atoms with Gasteiger partial charge in [0, 0.05) is 25.8 Å². The lowest BCUT2D eigenvalue weighted by Gasteiger charge is -2.23. The lowest BCUT2D eigenvalue weighted by atomic mass is 10.0. The van der Waals surface area contributed by atoms with Crippen LogP contribution in [-0.2, 0) is 4.74 Å². The Morgan fingerprint density at radius 3 is 2.75 bits per heavy atom. The van der Waals surface area contributed by atoms with Crippen LogP contribution in [0.15, 0.2) is 18.2 Å². The van der Waals surface area contributed by atoms with Gasteiger partial charge in [0.05, 0.1) is 0 Å². The number of aryl methyl sites for hydroxylation is 1. The summed E-state index contributed by atoms with van der Waals surface area (Å²) in [6, 6.07) is 7.11. The minimum Gasteiger partial charge on any atom is -0.492 e. The van der Waals surface area contributed by atoms with E-state index in [2.05, 4.69) is 44.3 Å². The van der Waals surface area contributed by atoms with E-state index in [1.54, 1.807) is 0 Å². The summed E-state index contributed by atoms with van der Waals surface area (Å²) in [6.45, 7) is 9.91. The van der Waals surface area contributed by atoms with Gasteiger partial charge in [0.25, 0.3) is 0 Å². The van der Waals surface area contributed by atoms with Crippen molar-refractivity contribution in [2.75, 3.05) is 26.4 Å². The molecule has 0 unspecified atom stereocenters. The first-order valence-corrected chi connectivity index (χ1v) is 7.71. The van der Waals surface area contributed by atoms with Gasteiger partial charge >= 0.3 is 0 Å². The molecule has 1 aromatic rings. The van der Waals surface area contributed by atoms with Crippen LogP contribution in [0.1, 0.15) is 43.7 Å². The van der Waals surface area contributed by atoms with Gasteiger partial charge in [0.2, 0.25) is 0 Å². The Balaban J connectivity index is 1.77. The van der Waals surface area contributed by atoms with Crippen LogP contribution in [0.4, 0.5) is 0 Å². The van der Waals surface area contributed by atoms with Crippen molar-refractivity contribution < 1.29 is 9.47 Å². The van der Waals surface area contributed by atoms with Crippen molar-refractivity contribution in [3.63, 3.8) is 0 Å². The van der Waals surface area contributed by atoms with Crippen LogP contribution < -0.4 is 10.1 Å². The maximum Gasteiger partial charge on any atom is 0.122 e. The van der Waals surface area contributed by atoms with Crippen molar-refractivity contribution in [2.45, 2.75) is 45.6 Å². The minimum absolute atomic E-state index is 0.540. The normalized spacial score (nSPS) is 16.6. The second kappa shape index (κ2) is 7.65. The largest absolute Gasteiger partial charge is 0.492 e. The fraction of sp³-hybridized carbons (Fsp3) is 0.647. The van der Waals surface area contributed by atoms with Gasteiger partial charge in [-0.25, -0.2) is 0 Å². The summed E-state index contributed by atoms with van der Waals surface area (Å²) < 4.78 is 11.3. The molecule has 0 spiro atoms. The molecule has 0 aliphatic carbocycles. The zero-order valence-electron chi connectivity index (χ0n) is 12.9. The summed E-state index contributed by atoms with van der Waals surface area (Å²) in [5.41, 5.74) is 2.54. The molecule has 0 atom stereocenters. The van der Waals surface area contributed by atoms with Crippen molar-refractivity contribution in [1.29, 1.82) is 0 Å². The third kappa shape index (κ3) is 4.50. The van der Waals surface area contributed by atoms with E-state index < -0.39 is 0 Å². The number of benzene rings is 1. The summed E-state index contributed by atoms with van der Waals surface area (Å²) in [5.74, 6) is 1.56. The molecule has 3 heteroatoms. The zero-order chi connectivity index (χ0) is 14.4. The van der Waals surface area contributed by atoms with Crippen LogP contribution in [0.25, 0.3) is 0 Å². The molecule has 2 rings (SSSR count). The number of rotatable bonds is 6. The summed E-state index contributed by atoms with van der Waals surface area (Å²) in [4.78, 5) is 0. The minimum atomic E-state index is 0.540. The second-order valence-electron chi connectivity index (χ2n) is 5.87. The highest BCUT2D eigenvalue weighted by atomic mass is 16.5. The van der Waals surface area contributed by atoms with Crippen LogP contribution in [0.5, 0.6) is 5.75 Å². The monoisotopic (exact) mass is 277 g/mol. The molecule has 0 bridgehead atoms. The van der Waals surface area contributed by atoms with Crippen LogP contribution in [0.3, 0.4) is 0 Å². The van der Waals surface area contributed by atoms with Crippen LogP contribution >= 0.6 is 0 Å². The molecule has 0 amide bonds. The predicted molar refractivity (Wildman–Crippen MR) is 82.6 cm³/mol. The van der Waals surface area contributed by atoms with E-state index in [-0.39, 0.29) is 0 Å². The number of hydrogen-bond donors (Lipinski definition) is 1. The first kappa shape index (κ1) is 15.3. The number of ether oxygens (including phenoxy) is 2. The summed E-state index contributed by atoms with van der Waals surface area (Å²) in [7, 11) is 0. The van der Waals surface area contributed by atoms with Gasteiger partial charge in [-0.1, -0.05) is 26.0 Å². The lowest BCUT2D eigenvalue weighted by Crippen LogP contribution is -2.37. The molecule has 1 aliphatic rings. The molecular formula is C17H27NO2. The maximum atomic E-state index is 5.92. The van der Waals surface area contributed by atoms with E-state index in [1.807, 2.05) is 0 Å². The maximum absolute atomic E-state index is 5.92. The topological polar surface area (TPSA) is 30.5 Å². The second-order valence-corrected chi connectivity index (χ2v) is 5.87. The van der Waals surface area contributed by atoms with Crippen LogP contribution in [0, 0.1) is 6.92 Å². The molecule has 112 valence electrons. The predicted octanol–water partition coefficient (Wildman–Crippen LogP) is 3.27. The van der Waals surface area contributed by atoms with Crippen molar-refractivity contribution in [2.24, 2.45) is 0 Å². The fourth-order valence-electron chi connectivity index (χ4n) is 2.46. The van der Waals surface area contributed by atoms with E-state index in [1.165, 1.54) is 11.1 Å². The van der Waals surface area contributed by atoms with Gasteiger partial charge in [-0.3, -0.25) is 0 Å².